The number of furan rings is 1. The molecule has 0 atom stereocenters. The zero-order valence-electron chi connectivity index (χ0n) is 13.7. The number of quaternary nitrogens is 1. The van der Waals surface area contributed by atoms with Crippen LogP contribution in [0.2, 0.25) is 0 Å². The van der Waals surface area contributed by atoms with Crippen LogP contribution in [-0.2, 0) is 0 Å². The molecule has 1 N–H and O–H groups in total. The minimum Gasteiger partial charge on any atom is -1.00 e. The van der Waals surface area contributed by atoms with Gasteiger partial charge in [-0.2, -0.15) is 4.98 Å². The molecule has 0 aliphatic heterocycles. The van der Waals surface area contributed by atoms with Crippen molar-refractivity contribution in [3.8, 4) is 5.88 Å². The van der Waals surface area contributed by atoms with Crippen LogP contribution in [0.25, 0.3) is 22.1 Å². The fourth-order valence-corrected chi connectivity index (χ4v) is 2.67. The highest BCUT2D eigenvalue weighted by Gasteiger charge is 2.16. The summed E-state index contributed by atoms with van der Waals surface area (Å²) in [7, 11) is 0. The number of nitrogens with zero attached hydrogens (tertiary/aromatic N) is 2. The molecule has 0 saturated carbocycles. The van der Waals surface area contributed by atoms with Gasteiger partial charge in [0.15, 0.2) is 0 Å². The molecule has 2 aromatic heterocycles. The molecule has 124 valence electrons. The van der Waals surface area contributed by atoms with Crippen molar-refractivity contribution in [2.75, 3.05) is 26.2 Å². The van der Waals surface area contributed by atoms with Crippen LogP contribution in [0.1, 0.15) is 19.7 Å². The molecule has 0 aliphatic rings. The van der Waals surface area contributed by atoms with Crippen LogP contribution in [0.4, 0.5) is 0 Å². The van der Waals surface area contributed by atoms with Crippen LogP contribution in [0.5, 0.6) is 5.88 Å². The monoisotopic (exact) mass is 335 g/mol. The van der Waals surface area contributed by atoms with Gasteiger partial charge in [-0.25, -0.2) is 4.98 Å². The summed E-state index contributed by atoms with van der Waals surface area (Å²) in [5.74, 6) is 1.24. The first-order valence-corrected chi connectivity index (χ1v) is 7.85. The highest BCUT2D eigenvalue weighted by molar-refractivity contribution is 6.03. The van der Waals surface area contributed by atoms with E-state index >= 15 is 0 Å². The number of hydrogen-bond acceptors (Lipinski definition) is 4. The molecule has 23 heavy (non-hydrogen) atoms. The Hall–Kier alpha value is -1.85. The van der Waals surface area contributed by atoms with Crippen molar-refractivity contribution in [2.24, 2.45) is 0 Å². The molecule has 0 spiro atoms. The van der Waals surface area contributed by atoms with Crippen molar-refractivity contribution >= 4 is 22.1 Å². The van der Waals surface area contributed by atoms with Crippen molar-refractivity contribution in [2.45, 2.75) is 20.8 Å². The zero-order valence-corrected chi connectivity index (χ0v) is 14.5. The molecule has 0 bridgehead atoms. The summed E-state index contributed by atoms with van der Waals surface area (Å²) < 4.78 is 11.8. The zero-order chi connectivity index (χ0) is 15.5. The molecular formula is C17H22ClN3O2. The van der Waals surface area contributed by atoms with Crippen molar-refractivity contribution < 1.29 is 26.5 Å². The van der Waals surface area contributed by atoms with Crippen molar-refractivity contribution in [3.05, 3.63) is 30.1 Å². The number of aryl methyl sites for hydroxylation is 1. The minimum atomic E-state index is 0. The maximum atomic E-state index is 5.90. The first kappa shape index (κ1) is 17.5. The van der Waals surface area contributed by atoms with E-state index in [9.17, 15) is 0 Å². The second-order valence-electron chi connectivity index (χ2n) is 5.41. The molecule has 0 unspecified atom stereocenters. The Labute approximate surface area is 142 Å². The smallest absolute Gasteiger partial charge is 0.262 e. The lowest BCUT2D eigenvalue weighted by Crippen LogP contribution is -3.12. The summed E-state index contributed by atoms with van der Waals surface area (Å²) in [6.07, 6.45) is 0. The summed E-state index contributed by atoms with van der Waals surface area (Å²) in [6, 6.07) is 7.89. The van der Waals surface area contributed by atoms with E-state index in [-0.39, 0.29) is 12.4 Å². The maximum absolute atomic E-state index is 5.90. The number of rotatable bonds is 6. The van der Waals surface area contributed by atoms with Crippen LogP contribution in [0.15, 0.2) is 28.7 Å². The van der Waals surface area contributed by atoms with Gasteiger partial charge in [-0.3, -0.25) is 0 Å². The third-order valence-corrected chi connectivity index (χ3v) is 3.99. The van der Waals surface area contributed by atoms with E-state index in [4.69, 9.17) is 9.15 Å². The molecule has 3 aromatic rings. The van der Waals surface area contributed by atoms with Gasteiger partial charge in [-0.05, 0) is 32.9 Å². The average Bonchev–Trinajstić information content (AvgIpc) is 2.90. The number of benzene rings is 1. The largest absolute Gasteiger partial charge is 1.00 e. The number of hydrogen-bond donors (Lipinski definition) is 1. The van der Waals surface area contributed by atoms with Crippen molar-refractivity contribution in [3.63, 3.8) is 0 Å². The number of likely N-dealkylation sites (N-methyl/N-ethyl adjacent to an activating group) is 1. The molecule has 0 aliphatic carbocycles. The molecule has 3 rings (SSSR count). The summed E-state index contributed by atoms with van der Waals surface area (Å²) in [5.41, 5.74) is 2.28. The number of ether oxygens (including phenoxy) is 1. The second kappa shape index (κ2) is 7.62. The number of fused-ring (bicyclic) bond motifs is 3. The first-order valence-electron chi connectivity index (χ1n) is 7.85. The number of nitrogens with one attached hydrogen (secondary N) is 1. The predicted octanol–water partition coefficient (Wildman–Crippen LogP) is -1.01. The van der Waals surface area contributed by atoms with E-state index in [0.29, 0.717) is 23.9 Å². The Kier molecular flexibility index (Phi) is 5.80. The summed E-state index contributed by atoms with van der Waals surface area (Å²) in [6.45, 7) is 10.0. The minimum absolute atomic E-state index is 0. The third kappa shape index (κ3) is 3.57. The Morgan fingerprint density at radius 3 is 2.61 bits per heavy atom. The van der Waals surface area contributed by atoms with E-state index in [0.717, 1.165) is 36.1 Å². The van der Waals surface area contributed by atoms with E-state index in [1.54, 1.807) is 0 Å². The fraction of sp³-hybridized carbons (Fsp3) is 0.412. The average molecular weight is 336 g/mol. The van der Waals surface area contributed by atoms with E-state index < -0.39 is 0 Å². The first-order chi connectivity index (χ1) is 10.7. The Morgan fingerprint density at radius 2 is 1.87 bits per heavy atom. The molecule has 1 aromatic carbocycles. The summed E-state index contributed by atoms with van der Waals surface area (Å²) in [5, 5.41) is 1.00. The molecule has 2 heterocycles. The Morgan fingerprint density at radius 1 is 1.13 bits per heavy atom. The normalized spacial score (nSPS) is 11.1. The van der Waals surface area contributed by atoms with Crippen LogP contribution in [-0.4, -0.2) is 36.2 Å². The molecule has 0 saturated heterocycles. The van der Waals surface area contributed by atoms with E-state index in [1.165, 1.54) is 4.90 Å². The number of para-hydroxylation sites is 1. The number of halogens is 1. The maximum Gasteiger partial charge on any atom is 0.262 e. The molecule has 6 heteroatoms. The van der Waals surface area contributed by atoms with Gasteiger partial charge in [-0.1, -0.05) is 12.1 Å². The highest BCUT2D eigenvalue weighted by atomic mass is 35.5. The lowest BCUT2D eigenvalue weighted by atomic mass is 10.2. The molecule has 0 radical (unpaired) electrons. The second-order valence-corrected chi connectivity index (χ2v) is 5.41. The van der Waals surface area contributed by atoms with Gasteiger partial charge in [-0.15, -0.1) is 0 Å². The highest BCUT2D eigenvalue weighted by Crippen LogP contribution is 2.31. The van der Waals surface area contributed by atoms with Gasteiger partial charge in [0.05, 0.1) is 13.1 Å². The molecule has 5 nitrogen and oxygen atoms in total. The third-order valence-electron chi connectivity index (χ3n) is 3.99. The molecular weight excluding hydrogens is 314 g/mol. The van der Waals surface area contributed by atoms with Crippen molar-refractivity contribution in [1.29, 1.82) is 0 Å². The van der Waals surface area contributed by atoms with Crippen molar-refractivity contribution in [1.82, 2.24) is 9.97 Å². The summed E-state index contributed by atoms with van der Waals surface area (Å²) >= 11 is 0. The fourth-order valence-electron chi connectivity index (χ4n) is 2.67. The number of aromatic nitrogens is 2. The molecule has 0 amide bonds. The van der Waals surface area contributed by atoms with Gasteiger partial charge in [0.1, 0.15) is 30.1 Å². The Balaban J connectivity index is 0.00000192. The van der Waals surface area contributed by atoms with Crippen LogP contribution in [0.3, 0.4) is 0 Å². The lowest BCUT2D eigenvalue weighted by molar-refractivity contribution is -0.896. The lowest BCUT2D eigenvalue weighted by Gasteiger charge is -2.15. The summed E-state index contributed by atoms with van der Waals surface area (Å²) in [4.78, 5) is 10.4. The predicted molar refractivity (Wildman–Crippen MR) is 86.5 cm³/mol. The van der Waals surface area contributed by atoms with Gasteiger partial charge in [0.25, 0.3) is 5.88 Å². The molecule has 0 fully saturated rings. The van der Waals surface area contributed by atoms with Gasteiger partial charge in [0.2, 0.25) is 5.58 Å². The standard InChI is InChI=1S/C17H21N3O2.ClH/c1-4-20(5-2)10-11-21-17-16-15(18-12(3)19-17)13-8-6-7-9-14(13)22-16;/h6-9H,4-5,10-11H2,1-3H3;1H. The topological polar surface area (TPSA) is 52.6 Å². The van der Waals surface area contributed by atoms with Gasteiger partial charge < -0.3 is 26.5 Å². The van der Waals surface area contributed by atoms with E-state index in [1.807, 2.05) is 31.2 Å². The van der Waals surface area contributed by atoms with Crippen LogP contribution < -0.4 is 22.0 Å². The van der Waals surface area contributed by atoms with Gasteiger partial charge in [0, 0.05) is 5.39 Å². The Bertz CT molecular complexity index is 784. The van der Waals surface area contributed by atoms with E-state index in [2.05, 4.69) is 23.8 Å². The quantitative estimate of drug-likeness (QED) is 0.627. The van der Waals surface area contributed by atoms with Gasteiger partial charge >= 0.3 is 0 Å². The van der Waals surface area contributed by atoms with Crippen LogP contribution >= 0.6 is 0 Å². The van der Waals surface area contributed by atoms with Crippen LogP contribution in [0, 0.1) is 6.92 Å². The SMILES string of the molecule is CC[NH+](CC)CCOc1nc(C)nc2c1oc1ccccc12.[Cl-].